The standard InChI is InChI=1S/C20H26N4O/c1-14(16-7-8-16)24(13-15-5-3-2-4-6-15)20(25)22-18-9-10-19-17(11-18)12-21-23-19/h2-6,12,14,16,18H,7-11,13H2,1H3,(H,21,23)(H,22,25). The smallest absolute Gasteiger partial charge is 0.318 e. The molecule has 2 N–H and O–H groups in total. The second-order valence-corrected chi connectivity index (χ2v) is 7.45. The molecular formula is C20H26N4O. The number of hydrogen-bond donors (Lipinski definition) is 2. The lowest BCUT2D eigenvalue weighted by molar-refractivity contribution is 0.162. The number of carbonyl (C=O) groups excluding carboxylic acids is 1. The van der Waals surface area contributed by atoms with Crippen molar-refractivity contribution in [3.05, 3.63) is 53.3 Å². The quantitative estimate of drug-likeness (QED) is 0.879. The predicted molar refractivity (Wildman–Crippen MR) is 97.1 cm³/mol. The third-order valence-electron chi connectivity index (χ3n) is 5.60. The number of fused-ring (bicyclic) bond motifs is 1. The zero-order chi connectivity index (χ0) is 17.2. The second kappa shape index (κ2) is 6.90. The van der Waals surface area contributed by atoms with Crippen molar-refractivity contribution in [2.24, 2.45) is 5.92 Å². The lowest BCUT2D eigenvalue weighted by Crippen LogP contribution is -2.50. The molecule has 0 bridgehead atoms. The maximum atomic E-state index is 13.0. The van der Waals surface area contributed by atoms with E-state index in [1.807, 2.05) is 29.3 Å². The van der Waals surface area contributed by atoms with Crippen LogP contribution in [0, 0.1) is 5.92 Å². The van der Waals surface area contributed by atoms with Crippen LogP contribution in [0.2, 0.25) is 0 Å². The molecule has 2 aliphatic carbocycles. The minimum Gasteiger partial charge on any atom is -0.335 e. The van der Waals surface area contributed by atoms with Gasteiger partial charge in [0.25, 0.3) is 0 Å². The Kier molecular flexibility index (Phi) is 4.47. The fraction of sp³-hybridized carbons (Fsp3) is 0.500. The first-order valence-corrected chi connectivity index (χ1v) is 9.33. The van der Waals surface area contributed by atoms with Crippen molar-refractivity contribution in [2.75, 3.05) is 0 Å². The van der Waals surface area contributed by atoms with Crippen LogP contribution < -0.4 is 5.32 Å². The fourth-order valence-electron chi connectivity index (χ4n) is 3.81. The van der Waals surface area contributed by atoms with E-state index in [2.05, 4.69) is 34.6 Å². The van der Waals surface area contributed by atoms with E-state index in [1.165, 1.54) is 29.7 Å². The molecule has 2 unspecified atom stereocenters. The van der Waals surface area contributed by atoms with E-state index in [4.69, 9.17) is 0 Å². The van der Waals surface area contributed by atoms with Crippen molar-refractivity contribution >= 4 is 6.03 Å². The van der Waals surface area contributed by atoms with Crippen LogP contribution in [0.5, 0.6) is 0 Å². The minimum atomic E-state index is 0.0696. The average molecular weight is 338 g/mol. The molecule has 2 amide bonds. The van der Waals surface area contributed by atoms with Crippen LogP contribution in [0.3, 0.4) is 0 Å². The highest BCUT2D eigenvalue weighted by atomic mass is 16.2. The van der Waals surface area contributed by atoms with Gasteiger partial charge < -0.3 is 10.2 Å². The predicted octanol–water partition coefficient (Wildman–Crippen LogP) is 3.28. The van der Waals surface area contributed by atoms with E-state index < -0.39 is 0 Å². The number of urea groups is 1. The molecule has 1 saturated carbocycles. The zero-order valence-electron chi connectivity index (χ0n) is 14.7. The van der Waals surface area contributed by atoms with Gasteiger partial charge in [-0.05, 0) is 56.1 Å². The molecule has 1 fully saturated rings. The van der Waals surface area contributed by atoms with Gasteiger partial charge in [-0.15, -0.1) is 0 Å². The van der Waals surface area contributed by atoms with Gasteiger partial charge in [0, 0.05) is 24.3 Å². The maximum absolute atomic E-state index is 13.0. The summed E-state index contributed by atoms with van der Waals surface area (Å²) >= 11 is 0. The summed E-state index contributed by atoms with van der Waals surface area (Å²) in [6, 6.07) is 10.8. The van der Waals surface area contributed by atoms with Crippen molar-refractivity contribution in [2.45, 2.75) is 57.7 Å². The Morgan fingerprint density at radius 3 is 2.88 bits per heavy atom. The highest BCUT2D eigenvalue weighted by Crippen LogP contribution is 2.35. The van der Waals surface area contributed by atoms with Crippen LogP contribution >= 0.6 is 0 Å². The summed E-state index contributed by atoms with van der Waals surface area (Å²) in [5.41, 5.74) is 3.64. The summed E-state index contributed by atoms with van der Waals surface area (Å²) in [7, 11) is 0. The first kappa shape index (κ1) is 16.2. The number of aryl methyl sites for hydroxylation is 1. The SMILES string of the molecule is CC(C1CC1)N(Cc1ccccc1)C(=O)NC1CCc2[nH]ncc2C1. The van der Waals surface area contributed by atoms with Gasteiger partial charge in [0.15, 0.2) is 0 Å². The summed E-state index contributed by atoms with van der Waals surface area (Å²) in [6.45, 7) is 2.86. The van der Waals surface area contributed by atoms with Crippen molar-refractivity contribution in [3.8, 4) is 0 Å². The van der Waals surface area contributed by atoms with Gasteiger partial charge in [0.05, 0.1) is 6.20 Å². The number of aromatic amines is 1. The van der Waals surface area contributed by atoms with E-state index in [0.29, 0.717) is 12.5 Å². The molecule has 2 aromatic rings. The lowest BCUT2D eigenvalue weighted by atomic mass is 9.94. The minimum absolute atomic E-state index is 0.0696. The zero-order valence-corrected chi connectivity index (χ0v) is 14.7. The number of rotatable bonds is 5. The topological polar surface area (TPSA) is 61.0 Å². The number of nitrogens with zero attached hydrogens (tertiary/aromatic N) is 2. The van der Waals surface area contributed by atoms with Gasteiger partial charge in [-0.3, -0.25) is 5.10 Å². The highest BCUT2D eigenvalue weighted by Gasteiger charge is 2.35. The van der Waals surface area contributed by atoms with Crippen molar-refractivity contribution in [3.63, 3.8) is 0 Å². The van der Waals surface area contributed by atoms with E-state index in [1.54, 1.807) is 0 Å². The van der Waals surface area contributed by atoms with E-state index in [9.17, 15) is 4.79 Å². The third-order valence-corrected chi connectivity index (χ3v) is 5.60. The Hall–Kier alpha value is -2.30. The number of nitrogens with one attached hydrogen (secondary N) is 2. The molecular weight excluding hydrogens is 312 g/mol. The van der Waals surface area contributed by atoms with Gasteiger partial charge in [0.2, 0.25) is 0 Å². The van der Waals surface area contributed by atoms with Crippen molar-refractivity contribution in [1.82, 2.24) is 20.4 Å². The summed E-state index contributed by atoms with van der Waals surface area (Å²) in [6.07, 6.45) is 7.16. The number of aromatic nitrogens is 2. The van der Waals surface area contributed by atoms with Gasteiger partial charge in [-0.25, -0.2) is 4.79 Å². The van der Waals surface area contributed by atoms with Crippen LogP contribution in [-0.2, 0) is 19.4 Å². The molecule has 0 radical (unpaired) electrons. The van der Waals surface area contributed by atoms with Gasteiger partial charge in [-0.2, -0.15) is 5.10 Å². The van der Waals surface area contributed by atoms with E-state index >= 15 is 0 Å². The van der Waals surface area contributed by atoms with Crippen LogP contribution in [0.4, 0.5) is 4.79 Å². The molecule has 1 heterocycles. The van der Waals surface area contributed by atoms with Crippen molar-refractivity contribution < 1.29 is 4.79 Å². The molecule has 2 atom stereocenters. The highest BCUT2D eigenvalue weighted by molar-refractivity contribution is 5.75. The summed E-state index contributed by atoms with van der Waals surface area (Å²) in [5, 5.41) is 10.5. The Morgan fingerprint density at radius 1 is 1.32 bits per heavy atom. The second-order valence-electron chi connectivity index (χ2n) is 7.45. The number of H-pyrrole nitrogens is 1. The Bertz CT molecular complexity index is 722. The summed E-state index contributed by atoms with van der Waals surface area (Å²) < 4.78 is 0. The number of carbonyl (C=O) groups is 1. The average Bonchev–Trinajstić information content (AvgIpc) is 3.38. The molecule has 5 nitrogen and oxygen atoms in total. The Balaban J connectivity index is 1.44. The van der Waals surface area contributed by atoms with Crippen LogP contribution in [0.25, 0.3) is 0 Å². The number of benzene rings is 1. The van der Waals surface area contributed by atoms with Crippen LogP contribution in [0.1, 0.15) is 43.0 Å². The van der Waals surface area contributed by atoms with E-state index in [0.717, 1.165) is 19.3 Å². The molecule has 4 rings (SSSR count). The lowest BCUT2D eigenvalue weighted by Gasteiger charge is -2.32. The molecule has 1 aromatic heterocycles. The molecule has 132 valence electrons. The number of hydrogen-bond acceptors (Lipinski definition) is 2. The first-order chi connectivity index (χ1) is 12.2. The van der Waals surface area contributed by atoms with Crippen molar-refractivity contribution in [1.29, 1.82) is 0 Å². The monoisotopic (exact) mass is 338 g/mol. The molecule has 0 spiro atoms. The Labute approximate surface area is 148 Å². The molecule has 1 aromatic carbocycles. The van der Waals surface area contributed by atoms with Crippen LogP contribution in [-0.4, -0.2) is 33.2 Å². The molecule has 2 aliphatic rings. The number of amides is 2. The maximum Gasteiger partial charge on any atom is 0.318 e. The van der Waals surface area contributed by atoms with Crippen LogP contribution in [0.15, 0.2) is 36.5 Å². The third kappa shape index (κ3) is 3.70. The molecule has 5 heteroatoms. The first-order valence-electron chi connectivity index (χ1n) is 9.33. The van der Waals surface area contributed by atoms with Gasteiger partial charge in [-0.1, -0.05) is 30.3 Å². The normalized spacial score (nSPS) is 20.6. The largest absolute Gasteiger partial charge is 0.335 e. The van der Waals surface area contributed by atoms with Gasteiger partial charge in [0.1, 0.15) is 0 Å². The van der Waals surface area contributed by atoms with E-state index in [-0.39, 0.29) is 18.1 Å². The Morgan fingerprint density at radius 2 is 2.12 bits per heavy atom. The summed E-state index contributed by atoms with van der Waals surface area (Å²) in [4.78, 5) is 15.1. The molecule has 0 aliphatic heterocycles. The van der Waals surface area contributed by atoms with Gasteiger partial charge >= 0.3 is 6.03 Å². The molecule has 25 heavy (non-hydrogen) atoms. The molecule has 0 saturated heterocycles. The summed E-state index contributed by atoms with van der Waals surface area (Å²) in [5.74, 6) is 0.654. The fourth-order valence-corrected chi connectivity index (χ4v) is 3.81.